The Morgan fingerprint density at radius 1 is 0.769 bits per heavy atom. The standard InChI is InChI=1S/C46H42N4O.Pt/c1-28-19-22-36-41-39(28)32-21-20-31(51-30-14-12-13-29(25-30)49-27-48(7)37-17-10-11-18-38(37)49)26-34(32)43-47-40-33-15-8-9-16-35(33)44(2,3)23-24-46(6,45(36,4)5)42(40)50(41)43;/h8-22,25-26H,23-24H2,1-7H3;/i1D3,7D3;. The van der Waals surface area contributed by atoms with Crippen LogP contribution < -0.4 is 4.74 Å². The first kappa shape index (κ1) is 26.1. The summed E-state index contributed by atoms with van der Waals surface area (Å²) in [5.41, 5.74) is 8.90. The zero-order valence-corrected chi connectivity index (χ0v) is 32.0. The average Bonchev–Trinajstić information content (AvgIpc) is 3.72. The van der Waals surface area contributed by atoms with Gasteiger partial charge in [0.2, 0.25) is 0 Å². The molecule has 0 spiro atoms. The van der Waals surface area contributed by atoms with Crippen molar-refractivity contribution in [3.05, 3.63) is 129 Å². The van der Waals surface area contributed by atoms with Gasteiger partial charge in [-0.05, 0) is 36.2 Å². The molecular weight excluding hydrogens is 820 g/mol. The number of hydrogen-bond donors (Lipinski definition) is 0. The quantitative estimate of drug-likeness (QED) is 0.166. The van der Waals surface area contributed by atoms with Crippen molar-refractivity contribution in [2.24, 2.45) is 6.98 Å². The van der Waals surface area contributed by atoms with E-state index in [1.54, 1.807) is 0 Å². The van der Waals surface area contributed by atoms with E-state index in [1.165, 1.54) is 10.1 Å². The fraction of sp³-hybridized carbons (Fsp3) is 0.261. The van der Waals surface area contributed by atoms with Crippen LogP contribution in [-0.4, -0.2) is 18.5 Å². The van der Waals surface area contributed by atoms with Gasteiger partial charge in [-0.15, -0.1) is 0 Å². The molecule has 52 heavy (non-hydrogen) atoms. The molecule has 5 nitrogen and oxygen atoms in total. The molecule has 0 saturated carbocycles. The number of aromatic nitrogens is 4. The van der Waals surface area contributed by atoms with E-state index in [2.05, 4.69) is 88.7 Å². The van der Waals surface area contributed by atoms with Gasteiger partial charge in [0.25, 0.3) is 0 Å². The Bertz CT molecular complexity index is 3130. The molecule has 0 fully saturated rings. The second kappa shape index (κ2) is 10.7. The van der Waals surface area contributed by atoms with E-state index in [1.807, 2.05) is 77.4 Å². The Balaban J connectivity index is 1.24. The molecule has 0 N–H and O–H groups in total. The summed E-state index contributed by atoms with van der Waals surface area (Å²) in [5, 5.41) is 2.33. The van der Waals surface area contributed by atoms with Crippen molar-refractivity contribution in [3.63, 3.8) is 0 Å². The number of imidazole rings is 2. The van der Waals surface area contributed by atoms with Crippen LogP contribution in [0.25, 0.3) is 55.3 Å². The van der Waals surface area contributed by atoms with E-state index in [0.29, 0.717) is 26.4 Å². The van der Waals surface area contributed by atoms with Crippen LogP contribution in [0.15, 0.2) is 103 Å². The topological polar surface area (TPSA) is 36.4 Å². The van der Waals surface area contributed by atoms with Crippen molar-refractivity contribution in [2.75, 3.05) is 0 Å². The summed E-state index contributed by atoms with van der Waals surface area (Å²) in [5.74, 6) is 1.13. The minimum absolute atomic E-state index is 0.0977. The van der Waals surface area contributed by atoms with Gasteiger partial charge in [-0.2, -0.15) is 0 Å². The van der Waals surface area contributed by atoms with Crippen LogP contribution in [0.5, 0.6) is 11.5 Å². The minimum atomic E-state index is -2.37. The smallest absolute Gasteiger partial charge is 0.0197 e. The number of nitrogens with zero attached hydrogens (tertiary/aromatic N) is 4. The number of fused-ring (bicyclic) bond motifs is 6. The van der Waals surface area contributed by atoms with Crippen LogP contribution in [0.4, 0.5) is 0 Å². The molecule has 2 aliphatic rings. The van der Waals surface area contributed by atoms with Crippen LogP contribution in [-0.2, 0) is 42.6 Å². The number of hydrogen-bond acceptors (Lipinski definition) is 2. The molecule has 4 heterocycles. The number of pyridine rings is 1. The fourth-order valence-corrected chi connectivity index (χ4v) is 10.1. The fourth-order valence-electron chi connectivity index (χ4n) is 9.29. The van der Waals surface area contributed by atoms with E-state index >= 15 is 0 Å². The maximum atomic E-state index is 8.75. The molecule has 0 radical (unpaired) electrons. The zero-order chi connectivity index (χ0) is 40.9. The van der Waals surface area contributed by atoms with E-state index in [9.17, 15) is 0 Å². The molecule has 5 aromatic carbocycles. The SMILES string of the molecule is [2H]C([2H])([2H])c1ccc2c3c1c1ccc(Oc4cccc(-n5[c](=[Pt])n(C([2H])([2H])[2H])c6ccccc65)c4)cc1c1nc4c(n13)C(C)(CCC(C)(C)c1ccccc1-4)C2(C)C. The van der Waals surface area contributed by atoms with E-state index in [0.717, 1.165) is 73.9 Å². The maximum absolute atomic E-state index is 8.75. The summed E-state index contributed by atoms with van der Waals surface area (Å²) < 4.78 is 63.8. The number of rotatable bonds is 3. The summed E-state index contributed by atoms with van der Waals surface area (Å²) in [7, 11) is 0. The van der Waals surface area contributed by atoms with E-state index < -0.39 is 13.8 Å². The van der Waals surface area contributed by atoms with Crippen LogP contribution in [0.3, 0.4) is 0 Å². The molecule has 0 amide bonds. The Morgan fingerprint density at radius 2 is 1.56 bits per heavy atom. The maximum Gasteiger partial charge on any atom is 0.0197 e. The third-order valence-corrected chi connectivity index (χ3v) is 13.5. The van der Waals surface area contributed by atoms with Gasteiger partial charge in [-0.3, -0.25) is 0 Å². The van der Waals surface area contributed by atoms with Gasteiger partial charge < -0.3 is 0 Å². The Morgan fingerprint density at radius 3 is 2.38 bits per heavy atom. The molecule has 1 aliphatic heterocycles. The van der Waals surface area contributed by atoms with E-state index in [-0.39, 0.29) is 16.2 Å². The molecule has 3 aromatic heterocycles. The number of aryl methyl sites for hydroxylation is 2. The number of para-hydroxylation sites is 2. The van der Waals surface area contributed by atoms with Crippen molar-refractivity contribution >= 4 is 38.4 Å². The summed E-state index contributed by atoms with van der Waals surface area (Å²) >= 11 is 2.08. The molecule has 0 bridgehead atoms. The van der Waals surface area contributed by atoms with Gasteiger partial charge in [0.1, 0.15) is 0 Å². The molecular formula is C46H42N4OPt. The molecule has 1 unspecified atom stereocenters. The summed E-state index contributed by atoms with van der Waals surface area (Å²) in [6.45, 7) is 6.95. The first-order valence-electron chi connectivity index (χ1n) is 20.9. The molecule has 262 valence electrons. The summed E-state index contributed by atoms with van der Waals surface area (Å²) in [6, 6.07) is 33.5. The molecule has 1 atom stereocenters. The van der Waals surface area contributed by atoms with Gasteiger partial charge in [-0.25, -0.2) is 0 Å². The van der Waals surface area contributed by atoms with Gasteiger partial charge in [-0.1, -0.05) is 71.0 Å². The van der Waals surface area contributed by atoms with Gasteiger partial charge >= 0.3 is 197 Å². The van der Waals surface area contributed by atoms with Crippen molar-refractivity contribution in [1.29, 1.82) is 0 Å². The Labute approximate surface area is 323 Å². The van der Waals surface area contributed by atoms with Gasteiger partial charge in [0.15, 0.2) is 0 Å². The normalized spacial score (nSPS) is 20.8. The number of ether oxygens (including phenoxy) is 1. The third kappa shape index (κ3) is 4.09. The second-order valence-electron chi connectivity index (χ2n) is 15.9. The number of benzene rings is 5. The van der Waals surface area contributed by atoms with Crippen molar-refractivity contribution in [2.45, 2.75) is 70.6 Å². The van der Waals surface area contributed by atoms with Crippen molar-refractivity contribution < 1.29 is 32.3 Å². The monoisotopic (exact) mass is 867 g/mol. The van der Waals surface area contributed by atoms with Crippen molar-refractivity contribution in [3.8, 4) is 28.4 Å². The van der Waals surface area contributed by atoms with Crippen LogP contribution in [0.1, 0.15) is 78.1 Å². The average molecular weight is 868 g/mol. The second-order valence-corrected chi connectivity index (χ2v) is 17.0. The van der Waals surface area contributed by atoms with Crippen LogP contribution in [0.2, 0.25) is 0 Å². The van der Waals surface area contributed by atoms with Gasteiger partial charge in [0.05, 0.1) is 0 Å². The third-order valence-electron chi connectivity index (χ3n) is 12.5. The largest absolute Gasteiger partial charge is 0.0619 e. The van der Waals surface area contributed by atoms with E-state index in [4.69, 9.17) is 17.9 Å². The molecule has 1 aliphatic carbocycles. The van der Waals surface area contributed by atoms with Crippen LogP contribution in [0, 0.1) is 10.7 Å². The molecule has 0 saturated heterocycles. The zero-order valence-electron chi connectivity index (χ0n) is 35.7. The summed E-state index contributed by atoms with van der Waals surface area (Å²) in [4.78, 5) is 5.60. The van der Waals surface area contributed by atoms with Crippen LogP contribution >= 0.6 is 0 Å². The molecule has 6 heteroatoms. The molecule has 8 aromatic rings. The van der Waals surface area contributed by atoms with Gasteiger partial charge in [0, 0.05) is 20.5 Å². The Kier molecular flexibility index (Phi) is 5.35. The summed E-state index contributed by atoms with van der Waals surface area (Å²) in [6.07, 6.45) is 1.89. The Hall–Kier alpha value is -4.73. The van der Waals surface area contributed by atoms with Crippen molar-refractivity contribution in [1.82, 2.24) is 18.5 Å². The first-order valence-corrected chi connectivity index (χ1v) is 19.0. The minimum Gasteiger partial charge on any atom is -0.0619 e. The predicted octanol–water partition coefficient (Wildman–Crippen LogP) is 11.4. The first-order chi connectivity index (χ1) is 27.3. The molecule has 10 rings (SSSR count). The predicted molar refractivity (Wildman–Crippen MR) is 209 cm³/mol.